The maximum atomic E-state index is 11.1. The smallest absolute Gasteiger partial charge is 0.300 e. The molecule has 1 rings (SSSR count). The Bertz CT molecular complexity index is 463. The minimum Gasteiger partial charge on any atom is -0.409 e. The van der Waals surface area contributed by atoms with E-state index in [4.69, 9.17) is 10.9 Å². The molecule has 0 spiro atoms. The van der Waals surface area contributed by atoms with Crippen molar-refractivity contribution in [2.75, 3.05) is 11.8 Å². The van der Waals surface area contributed by atoms with E-state index >= 15 is 0 Å². The van der Waals surface area contributed by atoms with E-state index in [0.717, 1.165) is 0 Å². The third-order valence-corrected chi connectivity index (χ3v) is 2.54. The average molecular weight is 234 g/mol. The number of rotatable bonds is 4. The number of oxime groups is 1. The molecule has 84 valence electrons. The number of anilines is 1. The largest absolute Gasteiger partial charge is 0.409 e. The van der Waals surface area contributed by atoms with Gasteiger partial charge in [0.05, 0.1) is 11.8 Å². The molecule has 9 nitrogen and oxygen atoms in total. The topological polar surface area (TPSA) is 145 Å². The van der Waals surface area contributed by atoms with Gasteiger partial charge in [-0.2, -0.15) is 13.5 Å². The van der Waals surface area contributed by atoms with Gasteiger partial charge in [-0.3, -0.25) is 9.82 Å². The first-order chi connectivity index (χ1) is 7.00. The lowest BCUT2D eigenvalue weighted by molar-refractivity contribution is 0.318. The maximum absolute atomic E-state index is 11.1. The maximum Gasteiger partial charge on any atom is 0.300 e. The van der Waals surface area contributed by atoms with Gasteiger partial charge in [0.15, 0.2) is 5.84 Å². The Hall–Kier alpha value is -1.81. The second kappa shape index (κ2) is 4.14. The van der Waals surface area contributed by atoms with Crippen LogP contribution in [0.25, 0.3) is 0 Å². The number of hydrogen-bond donors (Lipinski definition) is 5. The molecule has 0 bridgehead atoms. The van der Waals surface area contributed by atoms with Crippen LogP contribution in [-0.2, 0) is 10.2 Å². The molecular weight excluding hydrogens is 224 g/mol. The number of aromatic amines is 1. The fourth-order valence-corrected chi connectivity index (χ4v) is 1.32. The second-order valence-corrected chi connectivity index (χ2v) is 4.07. The Labute approximate surface area is 85.5 Å². The Morgan fingerprint density at radius 3 is 2.93 bits per heavy atom. The van der Waals surface area contributed by atoms with E-state index in [1.807, 2.05) is 4.72 Å². The van der Waals surface area contributed by atoms with Crippen molar-refractivity contribution in [2.45, 2.75) is 0 Å². The number of H-pyrrole nitrogens is 1. The molecular formula is C5H10N6O3S. The highest BCUT2D eigenvalue weighted by molar-refractivity contribution is 7.90. The van der Waals surface area contributed by atoms with Crippen LogP contribution < -0.4 is 15.2 Å². The van der Waals surface area contributed by atoms with Crippen LogP contribution in [0.3, 0.4) is 0 Å². The van der Waals surface area contributed by atoms with Crippen molar-refractivity contribution in [3.8, 4) is 0 Å². The van der Waals surface area contributed by atoms with Crippen molar-refractivity contribution < 1.29 is 13.6 Å². The first-order valence-corrected chi connectivity index (χ1v) is 5.21. The minimum absolute atomic E-state index is 0.0136. The fraction of sp³-hybridized carbons (Fsp3) is 0.200. The predicted octanol–water partition coefficient (Wildman–Crippen LogP) is -1.62. The predicted molar refractivity (Wildman–Crippen MR) is 52.7 cm³/mol. The molecule has 10 heteroatoms. The quantitative estimate of drug-likeness (QED) is 0.184. The van der Waals surface area contributed by atoms with Crippen molar-refractivity contribution in [1.29, 1.82) is 0 Å². The first-order valence-electron chi connectivity index (χ1n) is 3.72. The molecule has 15 heavy (non-hydrogen) atoms. The molecule has 0 aliphatic carbocycles. The Kier molecular flexibility index (Phi) is 3.11. The molecule has 0 aliphatic heterocycles. The summed E-state index contributed by atoms with van der Waals surface area (Å²) in [5, 5.41) is 17.1. The van der Waals surface area contributed by atoms with Crippen LogP contribution >= 0.6 is 0 Å². The normalized spacial score (nSPS) is 12.7. The lowest BCUT2D eigenvalue weighted by atomic mass is 10.3. The van der Waals surface area contributed by atoms with Crippen molar-refractivity contribution in [3.63, 3.8) is 0 Å². The number of amidine groups is 1. The van der Waals surface area contributed by atoms with Crippen LogP contribution in [0.1, 0.15) is 5.56 Å². The number of nitrogens with two attached hydrogens (primary N) is 1. The molecule has 0 unspecified atom stereocenters. The van der Waals surface area contributed by atoms with Gasteiger partial charge in [-0.1, -0.05) is 5.16 Å². The highest BCUT2D eigenvalue weighted by atomic mass is 32.2. The molecule has 0 saturated carbocycles. The van der Waals surface area contributed by atoms with E-state index < -0.39 is 10.2 Å². The van der Waals surface area contributed by atoms with Gasteiger partial charge in [0.25, 0.3) is 10.2 Å². The van der Waals surface area contributed by atoms with Crippen molar-refractivity contribution in [2.24, 2.45) is 10.9 Å². The Balaban J connectivity index is 3.02. The number of hydrogen-bond acceptors (Lipinski definition) is 5. The lowest BCUT2D eigenvalue weighted by Gasteiger charge is -2.05. The summed E-state index contributed by atoms with van der Waals surface area (Å²) in [5.74, 6) is -0.239. The summed E-state index contributed by atoms with van der Waals surface area (Å²) < 4.78 is 26.4. The molecule has 0 fully saturated rings. The van der Waals surface area contributed by atoms with Gasteiger partial charge in [0, 0.05) is 7.05 Å². The molecule has 0 atom stereocenters. The summed E-state index contributed by atoms with van der Waals surface area (Å²) >= 11 is 0. The molecule has 0 radical (unpaired) electrons. The summed E-state index contributed by atoms with van der Waals surface area (Å²) in [4.78, 5) is 0. The molecule has 0 aromatic carbocycles. The van der Waals surface area contributed by atoms with Crippen LogP contribution in [0.15, 0.2) is 11.4 Å². The fourth-order valence-electron chi connectivity index (χ4n) is 0.797. The highest BCUT2D eigenvalue weighted by Crippen LogP contribution is 2.11. The van der Waals surface area contributed by atoms with Crippen molar-refractivity contribution >= 4 is 21.9 Å². The van der Waals surface area contributed by atoms with Crippen LogP contribution in [0.2, 0.25) is 0 Å². The van der Waals surface area contributed by atoms with Crippen LogP contribution in [0.5, 0.6) is 0 Å². The lowest BCUT2D eigenvalue weighted by Crippen LogP contribution is -2.28. The zero-order valence-electron chi connectivity index (χ0n) is 7.72. The van der Waals surface area contributed by atoms with E-state index in [9.17, 15) is 8.42 Å². The zero-order valence-corrected chi connectivity index (χ0v) is 8.54. The average Bonchev–Trinajstić information content (AvgIpc) is 2.64. The van der Waals surface area contributed by atoms with Gasteiger partial charge in [-0.15, -0.1) is 0 Å². The number of nitrogens with zero attached hydrogens (tertiary/aromatic N) is 2. The van der Waals surface area contributed by atoms with E-state index in [-0.39, 0.29) is 17.2 Å². The monoisotopic (exact) mass is 234 g/mol. The summed E-state index contributed by atoms with van der Waals surface area (Å²) in [7, 11) is -2.43. The summed E-state index contributed by atoms with van der Waals surface area (Å²) in [6.07, 6.45) is 1.22. The third kappa shape index (κ3) is 2.57. The summed E-state index contributed by atoms with van der Waals surface area (Å²) in [5.41, 5.74) is 5.43. The van der Waals surface area contributed by atoms with Gasteiger partial charge >= 0.3 is 0 Å². The minimum atomic E-state index is -3.67. The Morgan fingerprint density at radius 2 is 2.40 bits per heavy atom. The molecule has 1 aromatic rings. The van der Waals surface area contributed by atoms with E-state index in [1.165, 1.54) is 13.2 Å². The van der Waals surface area contributed by atoms with E-state index in [2.05, 4.69) is 20.1 Å². The Morgan fingerprint density at radius 1 is 1.73 bits per heavy atom. The van der Waals surface area contributed by atoms with E-state index in [1.54, 1.807) is 0 Å². The number of aromatic nitrogens is 2. The van der Waals surface area contributed by atoms with Crippen LogP contribution in [-0.4, -0.2) is 36.7 Å². The van der Waals surface area contributed by atoms with E-state index in [0.29, 0.717) is 0 Å². The summed E-state index contributed by atoms with van der Waals surface area (Å²) in [6, 6.07) is 0. The van der Waals surface area contributed by atoms with Gasteiger partial charge in [-0.25, -0.2) is 4.72 Å². The van der Waals surface area contributed by atoms with Gasteiger partial charge in [0.1, 0.15) is 5.82 Å². The molecule has 1 heterocycles. The molecule has 0 saturated heterocycles. The van der Waals surface area contributed by atoms with Crippen molar-refractivity contribution in [3.05, 3.63) is 11.8 Å². The second-order valence-electron chi connectivity index (χ2n) is 2.45. The van der Waals surface area contributed by atoms with Gasteiger partial charge in [-0.05, 0) is 0 Å². The first kappa shape index (κ1) is 11.3. The van der Waals surface area contributed by atoms with Crippen LogP contribution in [0, 0.1) is 0 Å². The zero-order chi connectivity index (χ0) is 11.5. The van der Waals surface area contributed by atoms with Crippen molar-refractivity contribution in [1.82, 2.24) is 14.9 Å². The highest BCUT2D eigenvalue weighted by Gasteiger charge is 2.14. The number of nitrogens with one attached hydrogen (secondary N) is 3. The standard InChI is InChI=1S/C5H10N6O3S/c1-7-15(13,14)11-5-3(2-8-9-5)4(6)10-12/h2,7,12H,1H3,(H2,6,10)(H2,8,9,11). The molecule has 0 aliphatic rings. The SMILES string of the molecule is CNS(=O)(=O)Nc1[nH]ncc1C(N)=NO. The molecule has 0 amide bonds. The third-order valence-electron chi connectivity index (χ3n) is 1.53. The molecule has 1 aromatic heterocycles. The summed E-state index contributed by atoms with van der Waals surface area (Å²) in [6.45, 7) is 0. The molecule has 6 N–H and O–H groups in total. The van der Waals surface area contributed by atoms with Gasteiger partial charge < -0.3 is 10.9 Å². The van der Waals surface area contributed by atoms with Crippen LogP contribution in [0.4, 0.5) is 5.82 Å². The van der Waals surface area contributed by atoms with Gasteiger partial charge in [0.2, 0.25) is 0 Å².